The van der Waals surface area contributed by atoms with Crippen LogP contribution in [0, 0.1) is 0 Å². The molecule has 0 saturated heterocycles. The molecule has 0 unspecified atom stereocenters. The third kappa shape index (κ3) is 3.14. The Morgan fingerprint density at radius 1 is 1.40 bits per heavy atom. The molecule has 4 nitrogen and oxygen atoms in total. The van der Waals surface area contributed by atoms with Crippen molar-refractivity contribution in [2.45, 2.75) is 25.9 Å². The second-order valence-electron chi connectivity index (χ2n) is 4.95. The van der Waals surface area contributed by atoms with Crippen molar-refractivity contribution in [1.29, 1.82) is 0 Å². The molecule has 1 aromatic heterocycles. The first-order valence-electron chi connectivity index (χ1n) is 6.95. The van der Waals surface area contributed by atoms with E-state index in [0.717, 1.165) is 55.4 Å². The van der Waals surface area contributed by atoms with Gasteiger partial charge in [-0.1, -0.05) is 11.6 Å². The number of nitrogens with zero attached hydrogens (tertiary/aromatic N) is 2. The van der Waals surface area contributed by atoms with Gasteiger partial charge in [-0.25, -0.2) is 0 Å². The topological polar surface area (TPSA) is 39.1 Å². The minimum Gasteiger partial charge on any atom is -0.493 e. The highest BCUT2D eigenvalue weighted by atomic mass is 35.5. The molecule has 1 aromatic carbocycles. The van der Waals surface area contributed by atoms with E-state index in [4.69, 9.17) is 16.3 Å². The molecule has 0 saturated carbocycles. The van der Waals surface area contributed by atoms with Gasteiger partial charge in [0.1, 0.15) is 5.75 Å². The number of nitrogens with one attached hydrogen (secondary N) is 1. The third-order valence-electron chi connectivity index (χ3n) is 3.44. The zero-order valence-corrected chi connectivity index (χ0v) is 12.1. The van der Waals surface area contributed by atoms with Gasteiger partial charge in [0.2, 0.25) is 0 Å². The Morgan fingerprint density at radius 3 is 3.20 bits per heavy atom. The normalized spacial score (nSPS) is 13.2. The molecule has 0 bridgehead atoms. The molecule has 1 aliphatic heterocycles. The predicted octanol–water partition coefficient (Wildman–Crippen LogP) is 2.65. The number of hydrogen-bond donors (Lipinski definition) is 1. The molecule has 2 aromatic rings. The Hall–Kier alpha value is -1.52. The predicted molar refractivity (Wildman–Crippen MR) is 79.2 cm³/mol. The highest BCUT2D eigenvalue weighted by molar-refractivity contribution is 6.30. The molecule has 0 amide bonds. The van der Waals surface area contributed by atoms with Gasteiger partial charge in [-0.3, -0.25) is 4.68 Å². The van der Waals surface area contributed by atoms with E-state index in [-0.39, 0.29) is 0 Å². The number of rotatable bonds is 6. The van der Waals surface area contributed by atoms with Crippen LogP contribution in [0.3, 0.4) is 0 Å². The Bertz CT molecular complexity index is 569. The second kappa shape index (κ2) is 6.29. The van der Waals surface area contributed by atoms with Gasteiger partial charge in [0, 0.05) is 42.5 Å². The molecular weight excluding hydrogens is 274 g/mol. The lowest BCUT2D eigenvalue weighted by Crippen LogP contribution is -2.17. The Morgan fingerprint density at radius 2 is 2.35 bits per heavy atom. The minimum atomic E-state index is 0.766. The standard InChI is InChI=1S/C15H18ClN3O/c16-14-9-12-3-8-20-15(12)13(10-14)11-17-4-1-6-19-7-2-5-18-19/h2,5,7,9-10,17H,1,3-4,6,8,11H2. The lowest BCUT2D eigenvalue weighted by atomic mass is 10.1. The molecule has 0 fully saturated rings. The first kappa shape index (κ1) is 13.5. The number of benzene rings is 1. The molecule has 20 heavy (non-hydrogen) atoms. The summed E-state index contributed by atoms with van der Waals surface area (Å²) in [6.45, 7) is 3.44. The number of aryl methyl sites for hydroxylation is 1. The number of fused-ring (bicyclic) bond motifs is 1. The average Bonchev–Trinajstić information content (AvgIpc) is 3.08. The summed E-state index contributed by atoms with van der Waals surface area (Å²) in [7, 11) is 0. The van der Waals surface area contributed by atoms with Crippen LogP contribution in [0.1, 0.15) is 17.5 Å². The number of aromatic nitrogens is 2. The van der Waals surface area contributed by atoms with Gasteiger partial charge in [-0.2, -0.15) is 5.10 Å². The summed E-state index contributed by atoms with van der Waals surface area (Å²) in [6.07, 6.45) is 5.80. The maximum Gasteiger partial charge on any atom is 0.127 e. The smallest absolute Gasteiger partial charge is 0.127 e. The fourth-order valence-corrected chi connectivity index (χ4v) is 2.76. The summed E-state index contributed by atoms with van der Waals surface area (Å²) in [4.78, 5) is 0. The molecule has 5 heteroatoms. The monoisotopic (exact) mass is 291 g/mol. The Balaban J connectivity index is 1.49. The van der Waals surface area contributed by atoms with E-state index in [0.29, 0.717) is 0 Å². The van der Waals surface area contributed by atoms with Crippen molar-refractivity contribution in [2.75, 3.05) is 13.2 Å². The van der Waals surface area contributed by atoms with Crippen molar-refractivity contribution in [2.24, 2.45) is 0 Å². The maximum absolute atomic E-state index is 6.14. The van der Waals surface area contributed by atoms with Crippen LogP contribution in [0.25, 0.3) is 0 Å². The van der Waals surface area contributed by atoms with Gasteiger partial charge in [-0.05, 0) is 36.7 Å². The second-order valence-corrected chi connectivity index (χ2v) is 5.39. The molecular formula is C15H18ClN3O. The summed E-state index contributed by atoms with van der Waals surface area (Å²) >= 11 is 6.14. The van der Waals surface area contributed by atoms with Gasteiger partial charge in [0.05, 0.1) is 6.61 Å². The molecule has 2 heterocycles. The number of halogens is 1. The Labute approximate surface area is 123 Å². The lowest BCUT2D eigenvalue weighted by Gasteiger charge is -2.10. The lowest BCUT2D eigenvalue weighted by molar-refractivity contribution is 0.352. The van der Waals surface area contributed by atoms with Crippen LogP contribution in [0.2, 0.25) is 5.02 Å². The van der Waals surface area contributed by atoms with E-state index >= 15 is 0 Å². The van der Waals surface area contributed by atoms with Gasteiger partial charge < -0.3 is 10.1 Å². The minimum absolute atomic E-state index is 0.766. The molecule has 0 atom stereocenters. The van der Waals surface area contributed by atoms with E-state index in [2.05, 4.69) is 10.4 Å². The van der Waals surface area contributed by atoms with E-state index in [1.165, 1.54) is 5.56 Å². The van der Waals surface area contributed by atoms with Gasteiger partial charge in [0.15, 0.2) is 0 Å². The number of hydrogen-bond acceptors (Lipinski definition) is 3. The van der Waals surface area contributed by atoms with Crippen molar-refractivity contribution < 1.29 is 4.74 Å². The maximum atomic E-state index is 6.14. The summed E-state index contributed by atoms with van der Waals surface area (Å²) in [6, 6.07) is 5.94. The zero-order chi connectivity index (χ0) is 13.8. The van der Waals surface area contributed by atoms with Crippen LogP contribution < -0.4 is 10.1 Å². The highest BCUT2D eigenvalue weighted by Gasteiger charge is 2.17. The summed E-state index contributed by atoms with van der Waals surface area (Å²) in [5.74, 6) is 1.02. The highest BCUT2D eigenvalue weighted by Crippen LogP contribution is 2.32. The molecule has 1 aliphatic rings. The fraction of sp³-hybridized carbons (Fsp3) is 0.400. The van der Waals surface area contributed by atoms with Crippen LogP contribution in [0.15, 0.2) is 30.6 Å². The summed E-state index contributed by atoms with van der Waals surface area (Å²) < 4.78 is 7.63. The van der Waals surface area contributed by atoms with Gasteiger partial charge in [0.25, 0.3) is 0 Å². The van der Waals surface area contributed by atoms with Crippen molar-refractivity contribution in [3.05, 3.63) is 46.7 Å². The summed E-state index contributed by atoms with van der Waals surface area (Å²) in [5, 5.41) is 8.42. The molecule has 0 radical (unpaired) electrons. The molecule has 1 N–H and O–H groups in total. The van der Waals surface area contributed by atoms with Crippen molar-refractivity contribution in [3.63, 3.8) is 0 Å². The van der Waals surface area contributed by atoms with Gasteiger partial charge in [-0.15, -0.1) is 0 Å². The van der Waals surface area contributed by atoms with Crippen molar-refractivity contribution in [3.8, 4) is 5.75 Å². The molecule has 3 rings (SSSR count). The molecule has 106 valence electrons. The van der Waals surface area contributed by atoms with Crippen LogP contribution in [0.5, 0.6) is 5.75 Å². The third-order valence-corrected chi connectivity index (χ3v) is 3.66. The van der Waals surface area contributed by atoms with E-state index in [1.807, 2.05) is 29.1 Å². The van der Waals surface area contributed by atoms with E-state index in [1.54, 1.807) is 6.20 Å². The quantitative estimate of drug-likeness (QED) is 0.832. The van der Waals surface area contributed by atoms with Crippen LogP contribution in [-0.4, -0.2) is 22.9 Å². The van der Waals surface area contributed by atoms with Crippen LogP contribution >= 0.6 is 11.6 Å². The molecule has 0 spiro atoms. The average molecular weight is 292 g/mol. The SMILES string of the molecule is Clc1cc2c(c(CNCCCn3cccn3)c1)OCC2. The number of ether oxygens (including phenoxy) is 1. The van der Waals surface area contributed by atoms with E-state index < -0.39 is 0 Å². The Kier molecular flexibility index (Phi) is 4.23. The van der Waals surface area contributed by atoms with Crippen molar-refractivity contribution >= 4 is 11.6 Å². The van der Waals surface area contributed by atoms with Crippen LogP contribution in [-0.2, 0) is 19.5 Å². The van der Waals surface area contributed by atoms with Crippen molar-refractivity contribution in [1.82, 2.24) is 15.1 Å². The molecule has 0 aliphatic carbocycles. The fourth-order valence-electron chi connectivity index (χ4n) is 2.50. The van der Waals surface area contributed by atoms with E-state index in [9.17, 15) is 0 Å². The zero-order valence-electron chi connectivity index (χ0n) is 11.3. The van der Waals surface area contributed by atoms with Crippen LogP contribution in [0.4, 0.5) is 0 Å². The first-order valence-corrected chi connectivity index (χ1v) is 7.33. The first-order chi connectivity index (χ1) is 9.83. The summed E-state index contributed by atoms with van der Waals surface area (Å²) in [5.41, 5.74) is 2.38. The largest absolute Gasteiger partial charge is 0.493 e. The van der Waals surface area contributed by atoms with Gasteiger partial charge >= 0.3 is 0 Å².